The van der Waals surface area contributed by atoms with Crippen LogP contribution in [-0.4, -0.2) is 34.1 Å². The Labute approximate surface area is 104 Å². The molecule has 0 aliphatic carbocycles. The maximum atomic E-state index is 12.3. The first-order chi connectivity index (χ1) is 8.29. The van der Waals surface area contributed by atoms with Crippen molar-refractivity contribution in [2.45, 2.75) is 32.7 Å². The van der Waals surface area contributed by atoms with Crippen LogP contribution in [0, 0.1) is 5.92 Å². The Balaban J connectivity index is 2.40. The molecule has 2 N–H and O–H groups in total. The standard InChI is InChI=1S/C11H18F3N3O/c1-8(2)5-15-6-9(18)7-17-4-3-10(16-17)11(12,13)14/h3-4,8-9,15,18H,5-7H2,1-2H3. The van der Waals surface area contributed by atoms with Gasteiger partial charge in [0.25, 0.3) is 0 Å². The quantitative estimate of drug-likeness (QED) is 0.819. The fourth-order valence-electron chi connectivity index (χ4n) is 1.43. The van der Waals surface area contributed by atoms with Gasteiger partial charge in [0.15, 0.2) is 5.69 Å². The smallest absolute Gasteiger partial charge is 0.390 e. The van der Waals surface area contributed by atoms with Crippen molar-refractivity contribution >= 4 is 0 Å². The molecule has 0 saturated heterocycles. The lowest BCUT2D eigenvalue weighted by Crippen LogP contribution is -2.32. The van der Waals surface area contributed by atoms with Crippen molar-refractivity contribution < 1.29 is 18.3 Å². The molecule has 18 heavy (non-hydrogen) atoms. The third-order valence-corrected chi connectivity index (χ3v) is 2.26. The molecule has 1 rings (SSSR count). The normalized spacial score (nSPS) is 14.2. The Hall–Kier alpha value is -1.08. The molecule has 0 fully saturated rings. The number of halogens is 3. The fraction of sp³-hybridized carbons (Fsp3) is 0.727. The molecule has 0 radical (unpaired) electrons. The van der Waals surface area contributed by atoms with Crippen LogP contribution in [0.5, 0.6) is 0 Å². The van der Waals surface area contributed by atoms with E-state index in [1.165, 1.54) is 6.20 Å². The molecule has 0 aromatic carbocycles. The third kappa shape index (κ3) is 5.05. The molecule has 0 aliphatic heterocycles. The van der Waals surface area contributed by atoms with Gasteiger partial charge in [-0.15, -0.1) is 0 Å². The molecule has 0 saturated carbocycles. The van der Waals surface area contributed by atoms with Crippen molar-refractivity contribution in [3.63, 3.8) is 0 Å². The minimum Gasteiger partial charge on any atom is -0.390 e. The van der Waals surface area contributed by atoms with Crippen molar-refractivity contribution in [3.05, 3.63) is 18.0 Å². The summed E-state index contributed by atoms with van der Waals surface area (Å²) < 4.78 is 37.9. The van der Waals surface area contributed by atoms with Gasteiger partial charge >= 0.3 is 6.18 Å². The second-order valence-corrected chi connectivity index (χ2v) is 4.63. The van der Waals surface area contributed by atoms with E-state index in [1.807, 2.05) is 13.8 Å². The first kappa shape index (κ1) is 15.0. The number of rotatable bonds is 6. The van der Waals surface area contributed by atoms with Crippen LogP contribution in [0.4, 0.5) is 13.2 Å². The molecular weight excluding hydrogens is 247 g/mol. The highest BCUT2D eigenvalue weighted by Crippen LogP contribution is 2.27. The van der Waals surface area contributed by atoms with Gasteiger partial charge in [0, 0.05) is 12.7 Å². The van der Waals surface area contributed by atoms with Crippen molar-refractivity contribution in [1.82, 2.24) is 15.1 Å². The summed E-state index contributed by atoms with van der Waals surface area (Å²) in [7, 11) is 0. The molecule has 4 nitrogen and oxygen atoms in total. The van der Waals surface area contributed by atoms with E-state index in [0.717, 1.165) is 17.3 Å². The molecule has 0 amide bonds. The summed E-state index contributed by atoms with van der Waals surface area (Å²) >= 11 is 0. The third-order valence-electron chi connectivity index (χ3n) is 2.26. The number of nitrogens with zero attached hydrogens (tertiary/aromatic N) is 2. The van der Waals surface area contributed by atoms with Gasteiger partial charge < -0.3 is 10.4 Å². The van der Waals surface area contributed by atoms with Gasteiger partial charge in [-0.2, -0.15) is 18.3 Å². The van der Waals surface area contributed by atoms with Gasteiger partial charge in [0.1, 0.15) is 0 Å². The highest BCUT2D eigenvalue weighted by molar-refractivity contribution is 5.03. The summed E-state index contributed by atoms with van der Waals surface area (Å²) in [6.45, 7) is 5.19. The topological polar surface area (TPSA) is 50.1 Å². The molecule has 1 aromatic heterocycles. The second-order valence-electron chi connectivity index (χ2n) is 4.63. The number of alkyl halides is 3. The molecule has 0 bridgehead atoms. The van der Waals surface area contributed by atoms with Crippen molar-refractivity contribution in [2.24, 2.45) is 5.92 Å². The Morgan fingerprint density at radius 1 is 1.39 bits per heavy atom. The lowest BCUT2D eigenvalue weighted by Gasteiger charge is -2.13. The maximum Gasteiger partial charge on any atom is 0.435 e. The predicted octanol–water partition coefficient (Wildman–Crippen LogP) is 1.51. The lowest BCUT2D eigenvalue weighted by molar-refractivity contribution is -0.141. The fourth-order valence-corrected chi connectivity index (χ4v) is 1.43. The lowest BCUT2D eigenvalue weighted by atomic mass is 10.2. The highest BCUT2D eigenvalue weighted by Gasteiger charge is 2.33. The van der Waals surface area contributed by atoms with Crippen molar-refractivity contribution in [1.29, 1.82) is 0 Å². The summed E-state index contributed by atoms with van der Waals surface area (Å²) in [5.74, 6) is 0.457. The van der Waals surface area contributed by atoms with Crippen molar-refractivity contribution in [3.8, 4) is 0 Å². The minimum absolute atomic E-state index is 0.0428. The zero-order chi connectivity index (χ0) is 13.8. The summed E-state index contributed by atoms with van der Waals surface area (Å²) in [6.07, 6.45) is -3.98. The van der Waals surface area contributed by atoms with Gasteiger partial charge in [-0.25, -0.2) is 0 Å². The van der Waals surface area contributed by atoms with Gasteiger partial charge in [-0.05, 0) is 18.5 Å². The van der Waals surface area contributed by atoms with E-state index in [0.29, 0.717) is 12.5 Å². The summed E-state index contributed by atoms with van der Waals surface area (Å²) in [6, 6.07) is 0.897. The van der Waals surface area contributed by atoms with E-state index >= 15 is 0 Å². The monoisotopic (exact) mass is 265 g/mol. The minimum atomic E-state index is -4.44. The zero-order valence-electron chi connectivity index (χ0n) is 10.4. The van der Waals surface area contributed by atoms with E-state index in [9.17, 15) is 18.3 Å². The number of aliphatic hydroxyl groups excluding tert-OH is 1. The molecule has 104 valence electrons. The zero-order valence-corrected chi connectivity index (χ0v) is 10.4. The molecule has 1 unspecified atom stereocenters. The molecule has 1 heterocycles. The average molecular weight is 265 g/mol. The summed E-state index contributed by atoms with van der Waals surface area (Å²) in [4.78, 5) is 0. The maximum absolute atomic E-state index is 12.3. The van der Waals surface area contributed by atoms with Crippen LogP contribution in [0.3, 0.4) is 0 Å². The van der Waals surface area contributed by atoms with Crippen LogP contribution in [-0.2, 0) is 12.7 Å². The SMILES string of the molecule is CC(C)CNCC(O)Cn1ccc(C(F)(F)F)n1. The second kappa shape index (κ2) is 6.19. The van der Waals surface area contributed by atoms with E-state index in [4.69, 9.17) is 0 Å². The van der Waals surface area contributed by atoms with Crippen LogP contribution in [0.15, 0.2) is 12.3 Å². The highest BCUT2D eigenvalue weighted by atomic mass is 19.4. The predicted molar refractivity (Wildman–Crippen MR) is 60.9 cm³/mol. The molecule has 1 atom stereocenters. The summed E-state index contributed by atoms with van der Waals surface area (Å²) in [5, 5.41) is 16.0. The average Bonchev–Trinajstić information content (AvgIpc) is 2.64. The number of nitrogens with one attached hydrogen (secondary N) is 1. The van der Waals surface area contributed by atoms with Crippen LogP contribution < -0.4 is 5.32 Å². The van der Waals surface area contributed by atoms with Gasteiger partial charge in [0.05, 0.1) is 12.6 Å². The van der Waals surface area contributed by atoms with Gasteiger partial charge in [0.2, 0.25) is 0 Å². The number of hydrogen-bond donors (Lipinski definition) is 2. The van der Waals surface area contributed by atoms with E-state index in [-0.39, 0.29) is 6.54 Å². The Kier molecular flexibility index (Phi) is 5.15. The molecule has 0 spiro atoms. The van der Waals surface area contributed by atoms with Gasteiger partial charge in [-0.1, -0.05) is 13.8 Å². The van der Waals surface area contributed by atoms with E-state index in [2.05, 4.69) is 10.4 Å². The van der Waals surface area contributed by atoms with Crippen LogP contribution in [0.25, 0.3) is 0 Å². The number of aromatic nitrogens is 2. The number of aliphatic hydroxyl groups is 1. The van der Waals surface area contributed by atoms with E-state index < -0.39 is 18.0 Å². The summed E-state index contributed by atoms with van der Waals surface area (Å²) in [5.41, 5.74) is -0.940. The van der Waals surface area contributed by atoms with Crippen LogP contribution >= 0.6 is 0 Å². The van der Waals surface area contributed by atoms with Crippen LogP contribution in [0.2, 0.25) is 0 Å². The molecular formula is C11H18F3N3O. The van der Waals surface area contributed by atoms with Crippen LogP contribution in [0.1, 0.15) is 19.5 Å². The molecule has 7 heteroatoms. The van der Waals surface area contributed by atoms with Gasteiger partial charge in [-0.3, -0.25) is 4.68 Å². The molecule has 1 aromatic rings. The Morgan fingerprint density at radius 2 is 2.06 bits per heavy atom. The largest absolute Gasteiger partial charge is 0.435 e. The number of hydrogen-bond acceptors (Lipinski definition) is 3. The molecule has 0 aliphatic rings. The Morgan fingerprint density at radius 3 is 2.56 bits per heavy atom. The first-order valence-electron chi connectivity index (χ1n) is 5.78. The van der Waals surface area contributed by atoms with E-state index in [1.54, 1.807) is 0 Å². The first-order valence-corrected chi connectivity index (χ1v) is 5.78. The Bertz CT molecular complexity index is 363. The van der Waals surface area contributed by atoms with Crippen molar-refractivity contribution in [2.75, 3.05) is 13.1 Å².